The minimum absolute atomic E-state index is 0.0636. The van der Waals surface area contributed by atoms with Gasteiger partial charge in [0.25, 0.3) is 10.0 Å². The van der Waals surface area contributed by atoms with Crippen molar-refractivity contribution in [2.24, 2.45) is 0 Å². The molecular formula is C38H43N3O5S. The zero-order valence-corrected chi connectivity index (χ0v) is 28.1. The maximum absolute atomic E-state index is 14.3. The molecule has 0 unspecified atom stereocenters. The van der Waals surface area contributed by atoms with E-state index in [0.29, 0.717) is 17.2 Å². The first-order valence-corrected chi connectivity index (χ1v) is 17.6. The number of nitrogens with one attached hydrogen (secondary N) is 1. The summed E-state index contributed by atoms with van der Waals surface area (Å²) in [6.45, 7) is 5.23. The second-order valence-electron chi connectivity index (χ2n) is 12.3. The van der Waals surface area contributed by atoms with Crippen LogP contribution in [0, 0.1) is 13.8 Å². The van der Waals surface area contributed by atoms with Crippen molar-refractivity contribution in [2.75, 3.05) is 10.8 Å². The monoisotopic (exact) mass is 653 g/mol. The van der Waals surface area contributed by atoms with Gasteiger partial charge in [0.15, 0.2) is 0 Å². The molecule has 1 fully saturated rings. The Bertz CT molecular complexity index is 1740. The summed E-state index contributed by atoms with van der Waals surface area (Å²) in [7, 11) is -4.17. The van der Waals surface area contributed by atoms with Crippen molar-refractivity contribution < 1.29 is 22.7 Å². The molecule has 0 bridgehead atoms. The van der Waals surface area contributed by atoms with Crippen LogP contribution in [0.1, 0.15) is 55.7 Å². The standard InChI is InChI=1S/C38H43N3O5S/c1-28-14-18-31(19-15-28)26-40(30(3)38(43)39-32-10-6-4-7-11-32)37(42)27-41(47(44,45)36-24-16-29(2)17-25-36)33-20-22-35(23-21-33)46-34-12-8-5-9-13-34/h5,8-9,12-25,30,32H,4,6-7,10-11,26-27H2,1-3H3,(H,39,43)/t30-/m1/s1. The molecule has 0 aliphatic heterocycles. The lowest BCUT2D eigenvalue weighted by molar-refractivity contribution is -0.139. The van der Waals surface area contributed by atoms with Crippen LogP contribution in [0.5, 0.6) is 11.5 Å². The van der Waals surface area contributed by atoms with E-state index in [-0.39, 0.29) is 23.4 Å². The summed E-state index contributed by atoms with van der Waals surface area (Å²) < 4.78 is 35.4. The molecule has 5 rings (SSSR count). The third kappa shape index (κ3) is 8.80. The highest BCUT2D eigenvalue weighted by molar-refractivity contribution is 7.92. The normalized spacial score (nSPS) is 14.2. The molecule has 9 heteroatoms. The summed E-state index contributed by atoms with van der Waals surface area (Å²) in [6, 6.07) is 29.4. The molecule has 1 atom stereocenters. The molecule has 2 amide bonds. The lowest BCUT2D eigenvalue weighted by Crippen LogP contribution is -2.53. The second-order valence-corrected chi connectivity index (χ2v) is 14.1. The summed E-state index contributed by atoms with van der Waals surface area (Å²) >= 11 is 0. The van der Waals surface area contributed by atoms with E-state index in [1.807, 2.05) is 68.4 Å². The number of carbonyl (C=O) groups is 2. The van der Waals surface area contributed by atoms with Crippen LogP contribution in [0.4, 0.5) is 5.69 Å². The molecule has 0 spiro atoms. The summed E-state index contributed by atoms with van der Waals surface area (Å²) in [6.07, 6.45) is 5.11. The summed E-state index contributed by atoms with van der Waals surface area (Å²) in [5.74, 6) is 0.435. The zero-order chi connectivity index (χ0) is 33.4. The minimum Gasteiger partial charge on any atom is -0.457 e. The maximum Gasteiger partial charge on any atom is 0.264 e. The van der Waals surface area contributed by atoms with Gasteiger partial charge in [-0.3, -0.25) is 13.9 Å². The van der Waals surface area contributed by atoms with E-state index in [4.69, 9.17) is 4.74 Å². The zero-order valence-electron chi connectivity index (χ0n) is 27.3. The van der Waals surface area contributed by atoms with Gasteiger partial charge in [0.2, 0.25) is 11.8 Å². The predicted molar refractivity (Wildman–Crippen MR) is 185 cm³/mol. The van der Waals surface area contributed by atoms with Crippen LogP contribution in [-0.2, 0) is 26.2 Å². The fourth-order valence-corrected chi connectivity index (χ4v) is 7.13. The Labute approximate surface area is 278 Å². The molecule has 4 aromatic rings. The Balaban J connectivity index is 1.46. The molecule has 246 valence electrons. The first kappa shape index (κ1) is 33.7. The van der Waals surface area contributed by atoms with Crippen molar-refractivity contribution >= 4 is 27.5 Å². The molecule has 1 aliphatic carbocycles. The van der Waals surface area contributed by atoms with Crippen molar-refractivity contribution in [3.63, 3.8) is 0 Å². The fraction of sp³-hybridized carbons (Fsp3) is 0.316. The molecule has 1 N–H and O–H groups in total. The molecule has 0 radical (unpaired) electrons. The van der Waals surface area contributed by atoms with Gasteiger partial charge in [0.1, 0.15) is 24.1 Å². The lowest BCUT2D eigenvalue weighted by Gasteiger charge is -2.33. The van der Waals surface area contributed by atoms with Gasteiger partial charge in [-0.2, -0.15) is 0 Å². The molecular weight excluding hydrogens is 611 g/mol. The Hall–Kier alpha value is -4.63. The SMILES string of the molecule is Cc1ccc(CN(C(=O)CN(c2ccc(Oc3ccccc3)cc2)S(=O)(=O)c2ccc(C)cc2)[C@H](C)C(=O)NC2CCCCC2)cc1. The number of ether oxygens (including phenoxy) is 1. The van der Waals surface area contributed by atoms with Crippen molar-refractivity contribution in [1.82, 2.24) is 10.2 Å². The Morgan fingerprint density at radius 3 is 1.98 bits per heavy atom. The summed E-state index contributed by atoms with van der Waals surface area (Å²) in [5, 5.41) is 3.14. The van der Waals surface area contributed by atoms with Crippen LogP contribution in [0.2, 0.25) is 0 Å². The van der Waals surface area contributed by atoms with Gasteiger partial charge in [0.05, 0.1) is 10.6 Å². The molecule has 8 nitrogen and oxygen atoms in total. The van der Waals surface area contributed by atoms with Gasteiger partial charge >= 0.3 is 0 Å². The van der Waals surface area contributed by atoms with Crippen LogP contribution in [0.3, 0.4) is 0 Å². The lowest BCUT2D eigenvalue weighted by atomic mass is 9.95. The fourth-order valence-electron chi connectivity index (χ4n) is 5.71. The molecule has 0 aromatic heterocycles. The highest BCUT2D eigenvalue weighted by Crippen LogP contribution is 2.29. The highest BCUT2D eigenvalue weighted by atomic mass is 32.2. The third-order valence-electron chi connectivity index (χ3n) is 8.58. The maximum atomic E-state index is 14.3. The van der Waals surface area contributed by atoms with E-state index < -0.39 is 28.5 Å². The van der Waals surface area contributed by atoms with Crippen LogP contribution >= 0.6 is 0 Å². The van der Waals surface area contributed by atoms with Gasteiger partial charge in [-0.05, 0) is 87.7 Å². The van der Waals surface area contributed by atoms with Gasteiger partial charge in [-0.1, -0.05) is 85.0 Å². The van der Waals surface area contributed by atoms with Gasteiger partial charge in [-0.15, -0.1) is 0 Å². The van der Waals surface area contributed by atoms with E-state index in [9.17, 15) is 18.0 Å². The van der Waals surface area contributed by atoms with Crippen molar-refractivity contribution in [2.45, 2.75) is 76.4 Å². The number of rotatable bonds is 12. The first-order chi connectivity index (χ1) is 22.6. The largest absolute Gasteiger partial charge is 0.457 e. The number of sulfonamides is 1. The number of anilines is 1. The minimum atomic E-state index is -4.17. The van der Waals surface area contributed by atoms with E-state index in [1.54, 1.807) is 55.5 Å². The average Bonchev–Trinajstić information content (AvgIpc) is 3.08. The third-order valence-corrected chi connectivity index (χ3v) is 10.4. The van der Waals surface area contributed by atoms with E-state index in [1.165, 1.54) is 4.90 Å². The number of benzene rings is 4. The Morgan fingerprint density at radius 1 is 0.787 bits per heavy atom. The first-order valence-electron chi connectivity index (χ1n) is 16.2. The number of hydrogen-bond acceptors (Lipinski definition) is 5. The van der Waals surface area contributed by atoms with Crippen LogP contribution in [0.15, 0.2) is 108 Å². The molecule has 0 heterocycles. The highest BCUT2D eigenvalue weighted by Gasteiger charge is 2.33. The number of amides is 2. The average molecular weight is 654 g/mol. The van der Waals surface area contributed by atoms with Crippen LogP contribution < -0.4 is 14.4 Å². The molecule has 4 aromatic carbocycles. The summed E-state index contributed by atoms with van der Waals surface area (Å²) in [5.41, 5.74) is 3.13. The smallest absolute Gasteiger partial charge is 0.264 e. The van der Waals surface area contributed by atoms with Crippen molar-refractivity contribution in [3.8, 4) is 11.5 Å². The topological polar surface area (TPSA) is 96.0 Å². The molecule has 47 heavy (non-hydrogen) atoms. The van der Waals surface area contributed by atoms with E-state index >= 15 is 0 Å². The number of nitrogens with zero attached hydrogens (tertiary/aromatic N) is 2. The Kier molecular flexibility index (Phi) is 11.0. The van der Waals surface area contributed by atoms with Crippen LogP contribution in [-0.4, -0.2) is 43.8 Å². The molecule has 1 saturated carbocycles. The van der Waals surface area contributed by atoms with E-state index in [0.717, 1.165) is 53.1 Å². The van der Waals surface area contributed by atoms with Gasteiger partial charge in [0, 0.05) is 12.6 Å². The van der Waals surface area contributed by atoms with Gasteiger partial charge < -0.3 is 15.0 Å². The van der Waals surface area contributed by atoms with Gasteiger partial charge in [-0.25, -0.2) is 8.42 Å². The predicted octanol–water partition coefficient (Wildman–Crippen LogP) is 7.16. The quantitative estimate of drug-likeness (QED) is 0.175. The Morgan fingerprint density at radius 2 is 1.36 bits per heavy atom. The number of carbonyl (C=O) groups excluding carboxylic acids is 2. The number of para-hydroxylation sites is 1. The summed E-state index contributed by atoms with van der Waals surface area (Å²) in [4.78, 5) is 29.4. The van der Waals surface area contributed by atoms with Crippen molar-refractivity contribution in [1.29, 1.82) is 0 Å². The number of hydrogen-bond donors (Lipinski definition) is 1. The number of aryl methyl sites for hydroxylation is 2. The second kappa shape index (κ2) is 15.3. The van der Waals surface area contributed by atoms with Crippen molar-refractivity contribution in [3.05, 3.63) is 120 Å². The molecule has 0 saturated heterocycles. The van der Waals surface area contributed by atoms with E-state index in [2.05, 4.69) is 5.32 Å². The molecule has 1 aliphatic rings. The van der Waals surface area contributed by atoms with Crippen LogP contribution in [0.25, 0.3) is 0 Å².